The number of nitrogens with zero attached hydrogens (tertiary/aromatic N) is 2. The summed E-state index contributed by atoms with van der Waals surface area (Å²) in [5.74, 6) is 0.294. The van der Waals surface area contributed by atoms with Gasteiger partial charge in [0, 0.05) is 11.6 Å². The van der Waals surface area contributed by atoms with Gasteiger partial charge in [-0.25, -0.2) is 0 Å². The van der Waals surface area contributed by atoms with Crippen LogP contribution in [0.15, 0.2) is 28.6 Å². The molecule has 1 fully saturated rings. The molecule has 2 amide bonds. The number of rotatable bonds is 7. The van der Waals surface area contributed by atoms with Gasteiger partial charge in [0.1, 0.15) is 0 Å². The summed E-state index contributed by atoms with van der Waals surface area (Å²) in [7, 11) is 0. The van der Waals surface area contributed by atoms with Crippen LogP contribution >= 0.6 is 23.1 Å². The maximum atomic E-state index is 12.0. The Morgan fingerprint density at radius 2 is 1.96 bits per heavy atom. The van der Waals surface area contributed by atoms with E-state index in [-0.39, 0.29) is 23.5 Å². The molecule has 1 aliphatic rings. The number of benzene rings is 1. The SMILES string of the molecule is CCc1ccc(NC(=O)CSc2nnc(NC(=O)C3CCC3)s2)cc1. The van der Waals surface area contributed by atoms with Crippen molar-refractivity contribution in [1.82, 2.24) is 10.2 Å². The second kappa shape index (κ2) is 8.44. The molecule has 25 heavy (non-hydrogen) atoms. The zero-order valence-electron chi connectivity index (χ0n) is 13.9. The maximum absolute atomic E-state index is 12.0. The van der Waals surface area contributed by atoms with Crippen molar-refractivity contribution in [3.63, 3.8) is 0 Å². The Morgan fingerprint density at radius 1 is 1.20 bits per heavy atom. The number of aryl methyl sites for hydroxylation is 1. The number of carbonyl (C=O) groups excluding carboxylic acids is 2. The third-order valence-electron chi connectivity index (χ3n) is 4.09. The van der Waals surface area contributed by atoms with Crippen molar-refractivity contribution in [3.8, 4) is 0 Å². The predicted octanol–water partition coefficient (Wildman–Crippen LogP) is 3.57. The molecule has 1 aliphatic carbocycles. The summed E-state index contributed by atoms with van der Waals surface area (Å²) in [5, 5.41) is 14.1. The molecule has 1 aromatic heterocycles. The molecule has 1 heterocycles. The van der Waals surface area contributed by atoms with Gasteiger partial charge < -0.3 is 10.6 Å². The van der Waals surface area contributed by atoms with Crippen LogP contribution in [0.1, 0.15) is 31.7 Å². The van der Waals surface area contributed by atoms with Gasteiger partial charge >= 0.3 is 0 Å². The van der Waals surface area contributed by atoms with Crippen LogP contribution in [-0.2, 0) is 16.0 Å². The second-order valence-corrected chi connectivity index (χ2v) is 8.08. The molecular weight excluding hydrogens is 356 g/mol. The fourth-order valence-electron chi connectivity index (χ4n) is 2.34. The standard InChI is InChI=1S/C17H20N4O2S2/c1-2-11-6-8-13(9-7-11)18-14(22)10-24-17-21-20-16(25-17)19-15(23)12-4-3-5-12/h6-9,12H,2-5,10H2,1H3,(H,18,22)(H,19,20,23). The number of carbonyl (C=O) groups is 2. The van der Waals surface area contributed by atoms with Crippen LogP contribution in [0.3, 0.4) is 0 Å². The average molecular weight is 377 g/mol. The highest BCUT2D eigenvalue weighted by molar-refractivity contribution is 8.01. The zero-order valence-corrected chi connectivity index (χ0v) is 15.6. The Kier molecular flexibility index (Phi) is 6.04. The Hall–Kier alpha value is -1.93. The number of amides is 2. The van der Waals surface area contributed by atoms with E-state index in [0.29, 0.717) is 9.47 Å². The number of anilines is 2. The lowest BCUT2D eigenvalue weighted by Crippen LogP contribution is -2.27. The lowest BCUT2D eigenvalue weighted by Gasteiger charge is -2.23. The summed E-state index contributed by atoms with van der Waals surface area (Å²) in [5.41, 5.74) is 2.02. The molecule has 0 bridgehead atoms. The molecule has 0 atom stereocenters. The van der Waals surface area contributed by atoms with E-state index in [1.807, 2.05) is 24.3 Å². The minimum absolute atomic E-state index is 0.0206. The number of thioether (sulfide) groups is 1. The molecule has 0 radical (unpaired) electrons. The highest BCUT2D eigenvalue weighted by Gasteiger charge is 2.26. The van der Waals surface area contributed by atoms with Gasteiger partial charge in [-0.15, -0.1) is 10.2 Å². The summed E-state index contributed by atoms with van der Waals surface area (Å²) in [6.07, 6.45) is 3.99. The summed E-state index contributed by atoms with van der Waals surface area (Å²) in [4.78, 5) is 23.9. The minimum atomic E-state index is -0.0931. The van der Waals surface area contributed by atoms with Gasteiger partial charge in [-0.3, -0.25) is 9.59 Å². The van der Waals surface area contributed by atoms with Gasteiger partial charge in [0.15, 0.2) is 4.34 Å². The first-order valence-corrected chi connectivity index (χ1v) is 10.1. The fraction of sp³-hybridized carbons (Fsp3) is 0.412. The summed E-state index contributed by atoms with van der Waals surface area (Å²) < 4.78 is 0.667. The first-order valence-electron chi connectivity index (χ1n) is 8.30. The van der Waals surface area contributed by atoms with E-state index in [2.05, 4.69) is 27.8 Å². The lowest BCUT2D eigenvalue weighted by molar-refractivity contribution is -0.122. The molecule has 8 heteroatoms. The van der Waals surface area contributed by atoms with Crippen LogP contribution in [-0.4, -0.2) is 27.8 Å². The van der Waals surface area contributed by atoms with Crippen LogP contribution in [0.25, 0.3) is 0 Å². The van der Waals surface area contributed by atoms with Crippen molar-refractivity contribution in [2.45, 2.75) is 36.9 Å². The molecule has 1 saturated carbocycles. The van der Waals surface area contributed by atoms with Crippen molar-refractivity contribution >= 4 is 45.7 Å². The molecule has 2 N–H and O–H groups in total. The lowest BCUT2D eigenvalue weighted by atomic mass is 9.85. The predicted molar refractivity (Wildman–Crippen MR) is 101 cm³/mol. The highest BCUT2D eigenvalue weighted by atomic mass is 32.2. The Labute approximate surface area is 154 Å². The van der Waals surface area contributed by atoms with Crippen LogP contribution in [0.2, 0.25) is 0 Å². The van der Waals surface area contributed by atoms with E-state index in [1.165, 1.54) is 28.7 Å². The largest absolute Gasteiger partial charge is 0.325 e. The number of nitrogens with one attached hydrogen (secondary N) is 2. The molecule has 0 spiro atoms. The van der Waals surface area contributed by atoms with Gasteiger partial charge in [0.2, 0.25) is 16.9 Å². The summed E-state index contributed by atoms with van der Waals surface area (Å²) >= 11 is 2.61. The monoisotopic (exact) mass is 376 g/mol. The van der Waals surface area contributed by atoms with Crippen molar-refractivity contribution < 1.29 is 9.59 Å². The molecule has 3 rings (SSSR count). The molecule has 0 unspecified atom stereocenters. The normalized spacial score (nSPS) is 14.0. The first-order chi connectivity index (χ1) is 12.1. The smallest absolute Gasteiger partial charge is 0.234 e. The molecule has 2 aromatic rings. The van der Waals surface area contributed by atoms with Crippen LogP contribution < -0.4 is 10.6 Å². The highest BCUT2D eigenvalue weighted by Crippen LogP contribution is 2.30. The van der Waals surface area contributed by atoms with Gasteiger partial charge in [0.05, 0.1) is 5.75 Å². The minimum Gasteiger partial charge on any atom is -0.325 e. The van der Waals surface area contributed by atoms with Gasteiger partial charge in [-0.05, 0) is 37.0 Å². The van der Waals surface area contributed by atoms with Crippen molar-refractivity contribution in [1.29, 1.82) is 0 Å². The number of hydrogen-bond acceptors (Lipinski definition) is 6. The maximum Gasteiger partial charge on any atom is 0.234 e. The quantitative estimate of drug-likeness (QED) is 0.570. The average Bonchev–Trinajstić information content (AvgIpc) is 2.99. The second-order valence-electron chi connectivity index (χ2n) is 5.88. The fourth-order valence-corrected chi connectivity index (χ4v) is 3.90. The Morgan fingerprint density at radius 3 is 2.60 bits per heavy atom. The zero-order chi connectivity index (χ0) is 17.6. The van der Waals surface area contributed by atoms with E-state index >= 15 is 0 Å². The van der Waals surface area contributed by atoms with E-state index in [1.54, 1.807) is 0 Å². The van der Waals surface area contributed by atoms with E-state index < -0.39 is 0 Å². The Bertz CT molecular complexity index is 741. The van der Waals surface area contributed by atoms with Crippen molar-refractivity contribution in [3.05, 3.63) is 29.8 Å². The van der Waals surface area contributed by atoms with E-state index in [4.69, 9.17) is 0 Å². The van der Waals surface area contributed by atoms with Crippen LogP contribution in [0.5, 0.6) is 0 Å². The molecule has 0 saturated heterocycles. The van der Waals surface area contributed by atoms with Crippen LogP contribution in [0.4, 0.5) is 10.8 Å². The van der Waals surface area contributed by atoms with Crippen LogP contribution in [0, 0.1) is 5.92 Å². The summed E-state index contributed by atoms with van der Waals surface area (Å²) in [6.45, 7) is 2.09. The third-order valence-corrected chi connectivity index (χ3v) is 6.06. The van der Waals surface area contributed by atoms with Gasteiger partial charge in [-0.2, -0.15) is 0 Å². The molecule has 0 aliphatic heterocycles. The number of aromatic nitrogens is 2. The van der Waals surface area contributed by atoms with Crippen molar-refractivity contribution in [2.75, 3.05) is 16.4 Å². The first kappa shape index (κ1) is 17.9. The molecular formula is C17H20N4O2S2. The molecule has 132 valence electrons. The number of hydrogen-bond donors (Lipinski definition) is 2. The Balaban J connectivity index is 1.44. The van der Waals surface area contributed by atoms with Crippen molar-refractivity contribution in [2.24, 2.45) is 5.92 Å². The molecule has 1 aromatic carbocycles. The van der Waals surface area contributed by atoms with E-state index in [9.17, 15) is 9.59 Å². The van der Waals surface area contributed by atoms with Gasteiger partial charge in [-0.1, -0.05) is 48.6 Å². The third kappa shape index (κ3) is 5.02. The van der Waals surface area contributed by atoms with E-state index in [0.717, 1.165) is 31.4 Å². The molecule has 6 nitrogen and oxygen atoms in total. The van der Waals surface area contributed by atoms with Gasteiger partial charge in [0.25, 0.3) is 0 Å². The summed E-state index contributed by atoms with van der Waals surface area (Å²) in [6, 6.07) is 7.82. The topological polar surface area (TPSA) is 84.0 Å².